The van der Waals surface area contributed by atoms with Gasteiger partial charge in [0.1, 0.15) is 5.82 Å². The minimum atomic E-state index is -0.480. The Morgan fingerprint density at radius 2 is 1.96 bits per heavy atom. The standard InChI is InChI=1S/C18H21N7O2/c1-3-4-9-25-17(27)13-8-6-5-7-12(13)15(24-25)16(26)23-22-14-10-11(2)20-18(19)21-14/h5-8,10H,3-4,9H2,1-2H3,(H,23,26)(H3,19,20,21,22). The number of unbranched alkanes of at least 4 members (excludes halogenated alkanes) is 1. The highest BCUT2D eigenvalue weighted by Crippen LogP contribution is 2.14. The first-order valence-corrected chi connectivity index (χ1v) is 8.67. The summed E-state index contributed by atoms with van der Waals surface area (Å²) in [5.74, 6) is -0.0216. The van der Waals surface area contributed by atoms with Gasteiger partial charge in [-0.1, -0.05) is 31.5 Å². The van der Waals surface area contributed by atoms with Gasteiger partial charge in [0.15, 0.2) is 5.69 Å². The molecule has 9 heteroatoms. The SMILES string of the molecule is CCCCn1nc(C(=O)NNc2cc(C)nc(N)n2)c2ccccc2c1=O. The van der Waals surface area contributed by atoms with Crippen molar-refractivity contribution >= 4 is 28.4 Å². The second-order valence-electron chi connectivity index (χ2n) is 6.11. The fraction of sp³-hybridized carbons (Fsp3) is 0.278. The molecule has 0 aliphatic heterocycles. The molecule has 3 rings (SSSR count). The molecule has 9 nitrogen and oxygen atoms in total. The fourth-order valence-electron chi connectivity index (χ4n) is 2.70. The van der Waals surface area contributed by atoms with Gasteiger partial charge in [0, 0.05) is 23.7 Å². The van der Waals surface area contributed by atoms with Gasteiger partial charge in [-0.05, 0) is 19.4 Å². The van der Waals surface area contributed by atoms with Crippen molar-refractivity contribution in [2.75, 3.05) is 11.2 Å². The Kier molecular flexibility index (Phi) is 5.30. The largest absolute Gasteiger partial charge is 0.368 e. The summed E-state index contributed by atoms with van der Waals surface area (Å²) in [6.45, 7) is 4.25. The lowest BCUT2D eigenvalue weighted by Gasteiger charge is -2.12. The van der Waals surface area contributed by atoms with Crippen molar-refractivity contribution in [3.8, 4) is 0 Å². The highest BCUT2D eigenvalue weighted by molar-refractivity contribution is 6.05. The molecule has 0 fully saturated rings. The van der Waals surface area contributed by atoms with E-state index in [9.17, 15) is 9.59 Å². The number of carbonyl (C=O) groups is 1. The molecule has 27 heavy (non-hydrogen) atoms. The lowest BCUT2D eigenvalue weighted by molar-refractivity contribution is 0.0957. The lowest BCUT2D eigenvalue weighted by Crippen LogP contribution is -2.34. The van der Waals surface area contributed by atoms with Gasteiger partial charge in [0.05, 0.1) is 5.39 Å². The smallest absolute Gasteiger partial charge is 0.290 e. The maximum Gasteiger partial charge on any atom is 0.290 e. The van der Waals surface area contributed by atoms with Crippen LogP contribution in [0.25, 0.3) is 10.8 Å². The number of fused-ring (bicyclic) bond motifs is 1. The van der Waals surface area contributed by atoms with E-state index in [0.29, 0.717) is 28.8 Å². The van der Waals surface area contributed by atoms with Crippen LogP contribution in [0.1, 0.15) is 35.9 Å². The Morgan fingerprint density at radius 3 is 2.67 bits per heavy atom. The fourth-order valence-corrected chi connectivity index (χ4v) is 2.70. The molecular formula is C18H21N7O2. The van der Waals surface area contributed by atoms with Gasteiger partial charge < -0.3 is 5.73 Å². The Labute approximate surface area is 155 Å². The quantitative estimate of drug-likeness (QED) is 0.565. The number of hydrazine groups is 1. The minimum absolute atomic E-state index is 0.100. The molecule has 4 N–H and O–H groups in total. The van der Waals surface area contributed by atoms with Crippen LogP contribution in [0.2, 0.25) is 0 Å². The highest BCUT2D eigenvalue weighted by atomic mass is 16.2. The van der Waals surface area contributed by atoms with E-state index in [1.165, 1.54) is 4.68 Å². The van der Waals surface area contributed by atoms with Crippen LogP contribution in [0.5, 0.6) is 0 Å². The van der Waals surface area contributed by atoms with Crippen molar-refractivity contribution in [3.63, 3.8) is 0 Å². The number of benzene rings is 1. The average Bonchev–Trinajstić information content (AvgIpc) is 2.65. The molecule has 0 aliphatic carbocycles. The zero-order valence-electron chi connectivity index (χ0n) is 15.2. The zero-order chi connectivity index (χ0) is 19.4. The Bertz CT molecular complexity index is 1030. The molecule has 0 spiro atoms. The number of nitrogens with zero attached hydrogens (tertiary/aromatic N) is 4. The predicted octanol–water partition coefficient (Wildman–Crippen LogP) is 1.63. The number of nitrogen functional groups attached to an aromatic ring is 1. The monoisotopic (exact) mass is 367 g/mol. The van der Waals surface area contributed by atoms with Crippen LogP contribution < -0.4 is 22.1 Å². The van der Waals surface area contributed by atoms with Gasteiger partial charge in [-0.3, -0.25) is 20.4 Å². The van der Waals surface area contributed by atoms with Crippen LogP contribution in [0.4, 0.5) is 11.8 Å². The molecule has 0 saturated carbocycles. The third-order valence-corrected chi connectivity index (χ3v) is 3.98. The third kappa shape index (κ3) is 4.02. The summed E-state index contributed by atoms with van der Waals surface area (Å²) in [6, 6.07) is 8.57. The van der Waals surface area contributed by atoms with Gasteiger partial charge >= 0.3 is 0 Å². The first-order chi connectivity index (χ1) is 13.0. The van der Waals surface area contributed by atoms with Crippen LogP contribution in [0, 0.1) is 6.92 Å². The van der Waals surface area contributed by atoms with E-state index in [1.807, 2.05) is 6.92 Å². The predicted molar refractivity (Wildman–Crippen MR) is 103 cm³/mol. The molecule has 1 aromatic carbocycles. The third-order valence-electron chi connectivity index (χ3n) is 3.98. The van der Waals surface area contributed by atoms with Crippen molar-refractivity contribution in [1.82, 2.24) is 25.2 Å². The number of aromatic nitrogens is 4. The van der Waals surface area contributed by atoms with Gasteiger partial charge in [-0.15, -0.1) is 0 Å². The van der Waals surface area contributed by atoms with Crippen LogP contribution >= 0.6 is 0 Å². The molecule has 140 valence electrons. The molecule has 3 aromatic rings. The van der Waals surface area contributed by atoms with Crippen LogP contribution in [-0.2, 0) is 6.54 Å². The summed E-state index contributed by atoms with van der Waals surface area (Å²) in [7, 11) is 0. The Hall–Kier alpha value is -3.49. The molecule has 0 unspecified atom stereocenters. The molecule has 0 aliphatic rings. The van der Waals surface area contributed by atoms with Crippen molar-refractivity contribution in [1.29, 1.82) is 0 Å². The number of carbonyl (C=O) groups excluding carboxylic acids is 1. The zero-order valence-corrected chi connectivity index (χ0v) is 15.2. The number of hydrogen-bond donors (Lipinski definition) is 3. The van der Waals surface area contributed by atoms with Crippen molar-refractivity contribution in [2.24, 2.45) is 0 Å². The maximum absolute atomic E-state index is 12.7. The summed E-state index contributed by atoms with van der Waals surface area (Å²) in [5, 5.41) is 5.23. The number of rotatable bonds is 6. The molecule has 2 heterocycles. The second kappa shape index (κ2) is 7.81. The molecular weight excluding hydrogens is 346 g/mol. The van der Waals surface area contributed by atoms with E-state index in [2.05, 4.69) is 25.9 Å². The molecule has 0 bridgehead atoms. The average molecular weight is 367 g/mol. The number of nitrogens with two attached hydrogens (primary N) is 1. The van der Waals surface area contributed by atoms with Gasteiger partial charge in [-0.2, -0.15) is 10.1 Å². The molecule has 2 aromatic heterocycles. The first kappa shape index (κ1) is 18.3. The first-order valence-electron chi connectivity index (χ1n) is 8.67. The second-order valence-corrected chi connectivity index (χ2v) is 6.11. The highest BCUT2D eigenvalue weighted by Gasteiger charge is 2.16. The van der Waals surface area contributed by atoms with E-state index < -0.39 is 5.91 Å². The molecule has 0 atom stereocenters. The topological polar surface area (TPSA) is 128 Å². The molecule has 0 radical (unpaired) electrons. The lowest BCUT2D eigenvalue weighted by atomic mass is 10.1. The number of aryl methyl sites for hydroxylation is 2. The van der Waals surface area contributed by atoms with Gasteiger partial charge in [0.2, 0.25) is 5.95 Å². The van der Waals surface area contributed by atoms with Crippen LogP contribution in [-0.4, -0.2) is 25.7 Å². The van der Waals surface area contributed by atoms with Crippen LogP contribution in [0.15, 0.2) is 35.1 Å². The van der Waals surface area contributed by atoms with E-state index in [4.69, 9.17) is 5.73 Å². The number of amides is 1. The normalized spacial score (nSPS) is 10.7. The summed E-state index contributed by atoms with van der Waals surface area (Å²) in [6.07, 6.45) is 1.71. The maximum atomic E-state index is 12.7. The number of anilines is 2. The Morgan fingerprint density at radius 1 is 1.22 bits per heavy atom. The molecule has 1 amide bonds. The van der Waals surface area contributed by atoms with Crippen LogP contribution in [0.3, 0.4) is 0 Å². The Balaban J connectivity index is 1.93. The van der Waals surface area contributed by atoms with E-state index in [1.54, 1.807) is 37.3 Å². The van der Waals surface area contributed by atoms with Gasteiger partial charge in [0.25, 0.3) is 11.5 Å². The summed E-state index contributed by atoms with van der Waals surface area (Å²) >= 11 is 0. The number of hydrogen-bond acceptors (Lipinski definition) is 7. The minimum Gasteiger partial charge on any atom is -0.368 e. The van der Waals surface area contributed by atoms with Crippen molar-refractivity contribution < 1.29 is 4.79 Å². The number of nitrogens with one attached hydrogen (secondary N) is 2. The van der Waals surface area contributed by atoms with Gasteiger partial charge in [-0.25, -0.2) is 9.67 Å². The molecule has 0 saturated heterocycles. The van der Waals surface area contributed by atoms with Crippen molar-refractivity contribution in [2.45, 2.75) is 33.2 Å². The summed E-state index contributed by atoms with van der Waals surface area (Å²) in [5.41, 5.74) is 11.5. The van der Waals surface area contributed by atoms with Crippen molar-refractivity contribution in [3.05, 3.63) is 52.1 Å². The van der Waals surface area contributed by atoms with E-state index in [0.717, 1.165) is 12.8 Å². The van der Waals surface area contributed by atoms with E-state index in [-0.39, 0.29) is 17.2 Å². The summed E-state index contributed by atoms with van der Waals surface area (Å²) in [4.78, 5) is 33.3. The van der Waals surface area contributed by atoms with E-state index >= 15 is 0 Å². The summed E-state index contributed by atoms with van der Waals surface area (Å²) < 4.78 is 1.34.